The average Bonchev–Trinajstić information content (AvgIpc) is 3.27. The van der Waals surface area contributed by atoms with Gasteiger partial charge in [-0.2, -0.15) is 10.4 Å². The summed E-state index contributed by atoms with van der Waals surface area (Å²) in [5.41, 5.74) is 3.55. The molecule has 2 heterocycles. The molecule has 0 N–H and O–H groups in total. The molecular weight excluding hydrogens is 390 g/mol. The van der Waals surface area contributed by atoms with Gasteiger partial charge in [-0.3, -0.25) is 0 Å². The molecule has 0 aliphatic rings. The minimum absolute atomic E-state index is 0.381. The van der Waals surface area contributed by atoms with Gasteiger partial charge in [0.2, 0.25) is 11.8 Å². The van der Waals surface area contributed by atoms with E-state index in [1.807, 2.05) is 38.1 Å². The summed E-state index contributed by atoms with van der Waals surface area (Å²) < 4.78 is 13.3. The molecule has 29 heavy (non-hydrogen) atoms. The van der Waals surface area contributed by atoms with E-state index in [0.717, 1.165) is 22.6 Å². The van der Waals surface area contributed by atoms with Gasteiger partial charge in [0.25, 0.3) is 0 Å². The lowest BCUT2D eigenvalue weighted by Crippen LogP contribution is -1.99. The third kappa shape index (κ3) is 3.58. The van der Waals surface area contributed by atoms with E-state index in [0.29, 0.717) is 33.9 Å². The minimum atomic E-state index is 0.381. The second-order valence-corrected chi connectivity index (χ2v) is 6.85. The van der Waals surface area contributed by atoms with Crippen LogP contribution in [0.2, 0.25) is 5.02 Å². The van der Waals surface area contributed by atoms with E-state index in [9.17, 15) is 0 Å². The standard InChI is InChI=1S/C21H16ClN5O2/c1-12-20(13(2)27(26-12)17-7-4-16(11-23)19(22)10-17)29-18-8-5-15(6-9-18)21-25-24-14(3)28-21/h4-10H,1-3H3. The van der Waals surface area contributed by atoms with Crippen molar-refractivity contribution >= 4 is 11.6 Å². The maximum absolute atomic E-state index is 9.05. The molecule has 0 amide bonds. The highest BCUT2D eigenvalue weighted by molar-refractivity contribution is 6.31. The van der Waals surface area contributed by atoms with Crippen LogP contribution in [-0.4, -0.2) is 20.0 Å². The summed E-state index contributed by atoms with van der Waals surface area (Å²) in [6.45, 7) is 5.54. The molecule has 8 heteroatoms. The van der Waals surface area contributed by atoms with Crippen LogP contribution in [0.5, 0.6) is 11.5 Å². The summed E-state index contributed by atoms with van der Waals surface area (Å²) in [6, 6.07) is 14.6. The fraction of sp³-hybridized carbons (Fsp3) is 0.143. The van der Waals surface area contributed by atoms with Crippen molar-refractivity contribution in [2.45, 2.75) is 20.8 Å². The maximum Gasteiger partial charge on any atom is 0.247 e. The molecule has 0 saturated carbocycles. The van der Waals surface area contributed by atoms with E-state index < -0.39 is 0 Å². The molecule has 0 fully saturated rings. The van der Waals surface area contributed by atoms with Crippen LogP contribution in [0.3, 0.4) is 0 Å². The van der Waals surface area contributed by atoms with Crippen molar-refractivity contribution in [3.8, 4) is 34.7 Å². The van der Waals surface area contributed by atoms with E-state index in [2.05, 4.69) is 21.4 Å². The third-order valence-corrected chi connectivity index (χ3v) is 4.70. The van der Waals surface area contributed by atoms with Gasteiger partial charge in [-0.15, -0.1) is 10.2 Å². The normalized spacial score (nSPS) is 10.7. The number of hydrogen-bond donors (Lipinski definition) is 0. The molecule has 2 aromatic carbocycles. The number of ether oxygens (including phenoxy) is 1. The number of halogens is 1. The lowest BCUT2D eigenvalue weighted by atomic mass is 10.2. The number of aryl methyl sites for hydroxylation is 2. The molecule has 0 radical (unpaired) electrons. The first-order valence-electron chi connectivity index (χ1n) is 8.81. The highest BCUT2D eigenvalue weighted by atomic mass is 35.5. The van der Waals surface area contributed by atoms with Crippen LogP contribution in [0.15, 0.2) is 46.9 Å². The van der Waals surface area contributed by atoms with Gasteiger partial charge >= 0.3 is 0 Å². The maximum atomic E-state index is 9.05. The molecule has 0 saturated heterocycles. The number of nitrogens with zero attached hydrogens (tertiary/aromatic N) is 5. The van der Waals surface area contributed by atoms with Gasteiger partial charge in [0.05, 0.1) is 22.0 Å². The van der Waals surface area contributed by atoms with Gasteiger partial charge in [0.1, 0.15) is 17.5 Å². The van der Waals surface area contributed by atoms with Crippen molar-refractivity contribution in [2.24, 2.45) is 0 Å². The van der Waals surface area contributed by atoms with E-state index in [-0.39, 0.29) is 0 Å². The van der Waals surface area contributed by atoms with E-state index in [1.165, 1.54) is 0 Å². The van der Waals surface area contributed by atoms with Crippen molar-refractivity contribution in [3.63, 3.8) is 0 Å². The second kappa shape index (κ2) is 7.41. The summed E-state index contributed by atoms with van der Waals surface area (Å²) in [5, 5.41) is 21.8. The van der Waals surface area contributed by atoms with Crippen LogP contribution >= 0.6 is 11.6 Å². The summed E-state index contributed by atoms with van der Waals surface area (Å²) >= 11 is 6.16. The summed E-state index contributed by atoms with van der Waals surface area (Å²) in [5.74, 6) is 2.30. The molecule has 144 valence electrons. The Balaban J connectivity index is 1.62. The predicted molar refractivity (Wildman–Crippen MR) is 107 cm³/mol. The molecule has 0 spiro atoms. The van der Waals surface area contributed by atoms with Crippen LogP contribution in [0.1, 0.15) is 22.8 Å². The second-order valence-electron chi connectivity index (χ2n) is 6.44. The molecule has 0 atom stereocenters. The summed E-state index contributed by atoms with van der Waals surface area (Å²) in [6.07, 6.45) is 0. The first-order chi connectivity index (χ1) is 14.0. The van der Waals surface area contributed by atoms with E-state index >= 15 is 0 Å². The Kier molecular flexibility index (Phi) is 4.79. The van der Waals surface area contributed by atoms with Crippen molar-refractivity contribution < 1.29 is 9.15 Å². The zero-order valence-corrected chi connectivity index (χ0v) is 16.7. The van der Waals surface area contributed by atoms with Crippen molar-refractivity contribution in [1.29, 1.82) is 5.26 Å². The third-order valence-electron chi connectivity index (χ3n) is 4.39. The SMILES string of the molecule is Cc1nnc(-c2ccc(Oc3c(C)nn(-c4ccc(C#N)c(Cl)c4)c3C)cc2)o1. The lowest BCUT2D eigenvalue weighted by molar-refractivity contribution is 0.474. The van der Waals surface area contributed by atoms with Crippen LogP contribution in [0, 0.1) is 32.1 Å². The van der Waals surface area contributed by atoms with Crippen LogP contribution in [0.4, 0.5) is 0 Å². The zero-order valence-electron chi connectivity index (χ0n) is 16.0. The molecule has 0 bridgehead atoms. The first-order valence-corrected chi connectivity index (χ1v) is 9.18. The Hall–Kier alpha value is -3.63. The first kappa shape index (κ1) is 18.7. The van der Waals surface area contributed by atoms with E-state index in [1.54, 1.807) is 29.8 Å². The smallest absolute Gasteiger partial charge is 0.247 e. The largest absolute Gasteiger partial charge is 0.453 e. The topological polar surface area (TPSA) is 89.8 Å². The van der Waals surface area contributed by atoms with Crippen molar-refractivity contribution in [2.75, 3.05) is 0 Å². The molecule has 0 aliphatic heterocycles. The van der Waals surface area contributed by atoms with Crippen LogP contribution < -0.4 is 4.74 Å². The quantitative estimate of drug-likeness (QED) is 0.465. The summed E-state index contributed by atoms with van der Waals surface area (Å²) in [4.78, 5) is 0. The molecule has 2 aromatic heterocycles. The highest BCUT2D eigenvalue weighted by Gasteiger charge is 2.16. The Labute approximate surface area is 172 Å². The lowest BCUT2D eigenvalue weighted by Gasteiger charge is -2.08. The fourth-order valence-corrected chi connectivity index (χ4v) is 3.17. The fourth-order valence-electron chi connectivity index (χ4n) is 2.95. The van der Waals surface area contributed by atoms with Gasteiger partial charge in [0, 0.05) is 12.5 Å². The Morgan fingerprint density at radius 3 is 2.45 bits per heavy atom. The zero-order chi connectivity index (χ0) is 20.5. The number of rotatable bonds is 4. The monoisotopic (exact) mass is 405 g/mol. The molecule has 0 unspecified atom stereocenters. The number of aromatic nitrogens is 4. The summed E-state index contributed by atoms with van der Waals surface area (Å²) in [7, 11) is 0. The molecule has 4 aromatic rings. The van der Waals surface area contributed by atoms with Gasteiger partial charge in [-0.05, 0) is 56.3 Å². The van der Waals surface area contributed by atoms with Gasteiger partial charge in [-0.25, -0.2) is 4.68 Å². The molecule has 4 rings (SSSR count). The van der Waals surface area contributed by atoms with Crippen LogP contribution in [0.25, 0.3) is 17.1 Å². The van der Waals surface area contributed by atoms with Gasteiger partial charge in [0.15, 0.2) is 5.75 Å². The minimum Gasteiger partial charge on any atom is -0.453 e. The van der Waals surface area contributed by atoms with Crippen LogP contribution in [-0.2, 0) is 0 Å². The molecular formula is C21H16ClN5O2. The number of hydrogen-bond acceptors (Lipinski definition) is 6. The van der Waals surface area contributed by atoms with E-state index in [4.69, 9.17) is 26.0 Å². The number of nitriles is 1. The predicted octanol–water partition coefficient (Wildman–Crippen LogP) is 5.16. The number of benzene rings is 2. The Morgan fingerprint density at radius 2 is 1.83 bits per heavy atom. The van der Waals surface area contributed by atoms with Gasteiger partial charge in [-0.1, -0.05) is 11.6 Å². The highest BCUT2D eigenvalue weighted by Crippen LogP contribution is 2.32. The molecule has 7 nitrogen and oxygen atoms in total. The average molecular weight is 406 g/mol. The Bertz CT molecular complexity index is 1240. The van der Waals surface area contributed by atoms with Gasteiger partial charge < -0.3 is 9.15 Å². The molecule has 0 aliphatic carbocycles. The van der Waals surface area contributed by atoms with Crippen molar-refractivity contribution in [3.05, 3.63) is 70.3 Å². The van der Waals surface area contributed by atoms with Crippen molar-refractivity contribution in [1.82, 2.24) is 20.0 Å². The Morgan fingerprint density at radius 1 is 1.07 bits per heavy atom.